The van der Waals surface area contributed by atoms with Gasteiger partial charge in [0.2, 0.25) is 0 Å². The van der Waals surface area contributed by atoms with Crippen LogP contribution in [0.15, 0.2) is 0 Å². The molecule has 0 aliphatic heterocycles. The van der Waals surface area contributed by atoms with E-state index in [1.54, 1.807) is 0 Å². The van der Waals surface area contributed by atoms with Crippen LogP contribution < -0.4 is 10.8 Å². The molecule has 1 rings (SSSR count). The summed E-state index contributed by atoms with van der Waals surface area (Å²) in [5.41, 5.74) is 4.44. The molecule has 0 atom stereocenters. The lowest BCUT2D eigenvalue weighted by Gasteiger charge is -2.23. The van der Waals surface area contributed by atoms with Gasteiger partial charge in [-0.15, -0.1) is 12.4 Å². The Labute approximate surface area is 66.0 Å². The summed E-state index contributed by atoms with van der Waals surface area (Å²) in [6.07, 6.45) is 3.00. The SMILES string of the molecule is Cl.NC1(C(=O)[O-])CCCC1. The first-order chi connectivity index (χ1) is 4.15. The van der Waals surface area contributed by atoms with E-state index in [0.29, 0.717) is 12.8 Å². The molecule has 1 aliphatic carbocycles. The summed E-state index contributed by atoms with van der Waals surface area (Å²) < 4.78 is 0. The first-order valence-electron chi connectivity index (χ1n) is 3.15. The fraction of sp³-hybridized carbons (Fsp3) is 0.833. The van der Waals surface area contributed by atoms with Crippen LogP contribution in [0.5, 0.6) is 0 Å². The van der Waals surface area contributed by atoms with Crippen molar-refractivity contribution in [1.29, 1.82) is 0 Å². The van der Waals surface area contributed by atoms with Crippen molar-refractivity contribution in [2.24, 2.45) is 5.73 Å². The summed E-state index contributed by atoms with van der Waals surface area (Å²) in [5, 5.41) is 10.3. The van der Waals surface area contributed by atoms with Crippen molar-refractivity contribution in [2.45, 2.75) is 31.2 Å². The van der Waals surface area contributed by atoms with Crippen molar-refractivity contribution >= 4 is 18.4 Å². The van der Waals surface area contributed by atoms with Gasteiger partial charge in [0.15, 0.2) is 0 Å². The number of carboxylic acids is 1. The lowest BCUT2D eigenvalue weighted by Crippen LogP contribution is -2.53. The molecule has 1 saturated carbocycles. The molecule has 0 aromatic carbocycles. The van der Waals surface area contributed by atoms with Gasteiger partial charge in [-0.05, 0) is 12.8 Å². The average Bonchev–Trinajstić information content (AvgIpc) is 2.16. The number of halogens is 1. The number of aliphatic carboxylic acids is 1. The molecule has 0 aromatic rings. The molecule has 0 spiro atoms. The zero-order valence-electron chi connectivity index (χ0n) is 5.63. The van der Waals surface area contributed by atoms with Crippen LogP contribution in [-0.2, 0) is 4.79 Å². The van der Waals surface area contributed by atoms with Gasteiger partial charge in [-0.2, -0.15) is 0 Å². The van der Waals surface area contributed by atoms with Crippen LogP contribution in [0.25, 0.3) is 0 Å². The van der Waals surface area contributed by atoms with Crippen LogP contribution in [0.1, 0.15) is 25.7 Å². The second-order valence-electron chi connectivity index (χ2n) is 2.65. The van der Waals surface area contributed by atoms with E-state index >= 15 is 0 Å². The smallest absolute Gasteiger partial charge is 0.0613 e. The van der Waals surface area contributed by atoms with Gasteiger partial charge in [-0.3, -0.25) is 0 Å². The number of carbonyl (C=O) groups excluding carboxylic acids is 1. The molecule has 0 aromatic heterocycles. The highest BCUT2D eigenvalue weighted by atomic mass is 35.5. The fourth-order valence-corrected chi connectivity index (χ4v) is 1.21. The van der Waals surface area contributed by atoms with Crippen LogP contribution in [0.2, 0.25) is 0 Å². The Kier molecular flexibility index (Phi) is 3.12. The molecule has 60 valence electrons. The van der Waals surface area contributed by atoms with E-state index in [9.17, 15) is 9.90 Å². The molecule has 10 heavy (non-hydrogen) atoms. The minimum atomic E-state index is -1.10. The van der Waals surface area contributed by atoms with Crippen molar-refractivity contribution in [3.05, 3.63) is 0 Å². The van der Waals surface area contributed by atoms with E-state index in [2.05, 4.69) is 0 Å². The summed E-state index contributed by atoms with van der Waals surface area (Å²) in [5.74, 6) is -1.10. The van der Waals surface area contributed by atoms with Crippen molar-refractivity contribution < 1.29 is 9.90 Å². The highest BCUT2D eigenvalue weighted by molar-refractivity contribution is 5.85. The lowest BCUT2D eigenvalue weighted by atomic mass is 10.0. The summed E-state index contributed by atoms with van der Waals surface area (Å²) in [4.78, 5) is 10.3. The van der Waals surface area contributed by atoms with E-state index in [0.717, 1.165) is 12.8 Å². The summed E-state index contributed by atoms with van der Waals surface area (Å²) in [7, 11) is 0. The van der Waals surface area contributed by atoms with Crippen molar-refractivity contribution in [3.8, 4) is 0 Å². The van der Waals surface area contributed by atoms with Crippen molar-refractivity contribution in [3.63, 3.8) is 0 Å². The Balaban J connectivity index is 0.000000810. The van der Waals surface area contributed by atoms with Crippen LogP contribution in [-0.4, -0.2) is 11.5 Å². The molecule has 3 nitrogen and oxygen atoms in total. The summed E-state index contributed by atoms with van der Waals surface area (Å²) >= 11 is 0. The maximum Gasteiger partial charge on any atom is 0.0613 e. The molecular weight excluding hydrogens is 154 g/mol. The molecule has 1 fully saturated rings. The third kappa shape index (κ3) is 1.61. The quantitative estimate of drug-likeness (QED) is 0.565. The second-order valence-corrected chi connectivity index (χ2v) is 2.65. The third-order valence-electron chi connectivity index (χ3n) is 1.90. The fourth-order valence-electron chi connectivity index (χ4n) is 1.21. The lowest BCUT2D eigenvalue weighted by molar-refractivity contribution is -0.312. The maximum absolute atomic E-state index is 10.3. The van der Waals surface area contributed by atoms with Crippen LogP contribution in [0.3, 0.4) is 0 Å². The van der Waals surface area contributed by atoms with Crippen LogP contribution >= 0.6 is 12.4 Å². The molecule has 0 bridgehead atoms. The third-order valence-corrected chi connectivity index (χ3v) is 1.90. The van der Waals surface area contributed by atoms with E-state index in [4.69, 9.17) is 5.73 Å². The first kappa shape index (κ1) is 9.72. The number of carbonyl (C=O) groups is 1. The molecule has 0 amide bonds. The maximum atomic E-state index is 10.3. The van der Waals surface area contributed by atoms with Crippen LogP contribution in [0.4, 0.5) is 0 Å². The molecule has 2 N–H and O–H groups in total. The Morgan fingerprint density at radius 2 is 1.80 bits per heavy atom. The Morgan fingerprint density at radius 1 is 1.40 bits per heavy atom. The Morgan fingerprint density at radius 3 is 2.00 bits per heavy atom. The molecule has 0 saturated heterocycles. The van der Waals surface area contributed by atoms with Gasteiger partial charge >= 0.3 is 0 Å². The van der Waals surface area contributed by atoms with Gasteiger partial charge in [0.25, 0.3) is 0 Å². The number of hydrogen-bond acceptors (Lipinski definition) is 3. The van der Waals surface area contributed by atoms with E-state index in [-0.39, 0.29) is 12.4 Å². The molecular formula is C6H11ClNO2-. The Bertz CT molecular complexity index is 132. The van der Waals surface area contributed by atoms with Crippen LogP contribution in [0, 0.1) is 0 Å². The van der Waals surface area contributed by atoms with Crippen molar-refractivity contribution in [1.82, 2.24) is 0 Å². The van der Waals surface area contributed by atoms with Gasteiger partial charge in [0, 0.05) is 0 Å². The minimum absolute atomic E-state index is 0. The number of nitrogens with two attached hydrogens (primary N) is 1. The highest BCUT2D eigenvalue weighted by Crippen LogP contribution is 2.26. The van der Waals surface area contributed by atoms with Gasteiger partial charge in [0.05, 0.1) is 11.5 Å². The molecule has 0 radical (unpaired) electrons. The minimum Gasteiger partial charge on any atom is -0.548 e. The van der Waals surface area contributed by atoms with E-state index in [1.165, 1.54) is 0 Å². The molecule has 0 heterocycles. The number of hydrogen-bond donors (Lipinski definition) is 1. The molecule has 0 unspecified atom stereocenters. The van der Waals surface area contributed by atoms with Gasteiger partial charge in [-0.25, -0.2) is 0 Å². The van der Waals surface area contributed by atoms with Gasteiger partial charge in [-0.1, -0.05) is 12.8 Å². The topological polar surface area (TPSA) is 66.2 Å². The molecule has 4 heteroatoms. The predicted octanol–water partition coefficient (Wildman–Crippen LogP) is -0.570. The molecule has 1 aliphatic rings. The summed E-state index contributed by atoms with van der Waals surface area (Å²) in [6.45, 7) is 0. The second kappa shape index (κ2) is 3.21. The zero-order chi connectivity index (χ0) is 6.91. The monoisotopic (exact) mass is 164 g/mol. The predicted molar refractivity (Wildman–Crippen MR) is 37.6 cm³/mol. The number of carboxylic acid groups (broad SMARTS) is 1. The summed E-state index contributed by atoms with van der Waals surface area (Å²) in [6, 6.07) is 0. The van der Waals surface area contributed by atoms with E-state index in [1.807, 2.05) is 0 Å². The van der Waals surface area contributed by atoms with Gasteiger partial charge in [0.1, 0.15) is 0 Å². The van der Waals surface area contributed by atoms with Crippen molar-refractivity contribution in [2.75, 3.05) is 0 Å². The van der Waals surface area contributed by atoms with Gasteiger partial charge < -0.3 is 15.6 Å². The number of rotatable bonds is 1. The highest BCUT2D eigenvalue weighted by Gasteiger charge is 2.30. The standard InChI is InChI=1S/C6H11NO2.ClH/c7-6(5(8)9)3-1-2-4-6;/h1-4,7H2,(H,8,9);1H/p-1. The Hall–Kier alpha value is -0.280. The first-order valence-corrected chi connectivity index (χ1v) is 3.15. The zero-order valence-corrected chi connectivity index (χ0v) is 6.45. The average molecular weight is 165 g/mol. The van der Waals surface area contributed by atoms with E-state index < -0.39 is 11.5 Å². The largest absolute Gasteiger partial charge is 0.548 e. The normalized spacial score (nSPS) is 21.7.